The predicted octanol–water partition coefficient (Wildman–Crippen LogP) is 3.43. The first kappa shape index (κ1) is 17.1. The molecule has 1 unspecified atom stereocenters. The molecule has 1 aromatic carbocycles. The van der Waals surface area contributed by atoms with Crippen LogP contribution in [0.1, 0.15) is 50.0 Å². The minimum Gasteiger partial charge on any atom is -0.496 e. The molecule has 0 fully saturated rings. The molecule has 1 atom stereocenters. The van der Waals surface area contributed by atoms with Gasteiger partial charge in [-0.25, -0.2) is 0 Å². The fourth-order valence-electron chi connectivity index (χ4n) is 1.80. The molecule has 0 aromatic heterocycles. The van der Waals surface area contributed by atoms with Crippen LogP contribution in [-0.4, -0.2) is 19.1 Å². The highest BCUT2D eigenvalue weighted by Crippen LogP contribution is 2.23. The van der Waals surface area contributed by atoms with Gasteiger partial charge in [0, 0.05) is 18.0 Å². The Labute approximate surface area is 128 Å². The van der Waals surface area contributed by atoms with Crippen LogP contribution in [0.5, 0.6) is 5.75 Å². The number of hydrogen-bond acceptors (Lipinski definition) is 2. The van der Waals surface area contributed by atoms with Crippen molar-refractivity contribution < 1.29 is 9.53 Å². The van der Waals surface area contributed by atoms with Crippen LogP contribution in [0.15, 0.2) is 18.2 Å². The van der Waals surface area contributed by atoms with Gasteiger partial charge in [-0.3, -0.25) is 4.79 Å². The highest BCUT2D eigenvalue weighted by molar-refractivity contribution is 5.95. The van der Waals surface area contributed by atoms with Crippen molar-refractivity contribution >= 4 is 5.91 Å². The van der Waals surface area contributed by atoms with Gasteiger partial charge in [0.05, 0.1) is 7.11 Å². The van der Waals surface area contributed by atoms with E-state index in [2.05, 4.69) is 32.0 Å². The monoisotopic (exact) mass is 287 g/mol. The first-order valence-electron chi connectivity index (χ1n) is 7.21. The van der Waals surface area contributed by atoms with Crippen molar-refractivity contribution in [2.75, 3.05) is 7.11 Å². The molecule has 1 amide bonds. The van der Waals surface area contributed by atoms with Crippen LogP contribution in [0.25, 0.3) is 0 Å². The summed E-state index contributed by atoms with van der Waals surface area (Å²) in [7, 11) is 1.61. The SMILES string of the molecule is C#CCCc1ccc(C(=O)NC(C)C(C)(C)C)cc1OC. The number of carbonyl (C=O) groups excluding carboxylic acids is 1. The van der Waals surface area contributed by atoms with E-state index in [0.717, 1.165) is 12.0 Å². The molecule has 0 spiro atoms. The molecule has 0 radical (unpaired) electrons. The summed E-state index contributed by atoms with van der Waals surface area (Å²) in [4.78, 5) is 12.3. The molecular formula is C18H25NO2. The minimum atomic E-state index is -0.0841. The Morgan fingerprint density at radius 3 is 2.62 bits per heavy atom. The zero-order chi connectivity index (χ0) is 16.0. The third-order valence-corrected chi connectivity index (χ3v) is 3.73. The molecule has 0 saturated carbocycles. The Morgan fingerprint density at radius 2 is 2.10 bits per heavy atom. The van der Waals surface area contributed by atoms with Crippen LogP contribution in [0.2, 0.25) is 0 Å². The van der Waals surface area contributed by atoms with Gasteiger partial charge in [-0.15, -0.1) is 12.3 Å². The fraction of sp³-hybridized carbons (Fsp3) is 0.500. The van der Waals surface area contributed by atoms with Crippen LogP contribution in [-0.2, 0) is 6.42 Å². The number of terminal acetylenes is 1. The van der Waals surface area contributed by atoms with Gasteiger partial charge in [-0.1, -0.05) is 26.8 Å². The van der Waals surface area contributed by atoms with Gasteiger partial charge >= 0.3 is 0 Å². The number of aryl methyl sites for hydroxylation is 1. The molecule has 3 nitrogen and oxygen atoms in total. The summed E-state index contributed by atoms with van der Waals surface area (Å²) in [6.45, 7) is 8.31. The lowest BCUT2D eigenvalue weighted by molar-refractivity contribution is 0.0909. The van der Waals surface area contributed by atoms with E-state index in [1.54, 1.807) is 13.2 Å². The molecule has 0 bridgehead atoms. The van der Waals surface area contributed by atoms with Crippen LogP contribution in [0, 0.1) is 17.8 Å². The predicted molar refractivity (Wildman–Crippen MR) is 86.5 cm³/mol. The summed E-state index contributed by atoms with van der Waals surface area (Å²) in [6.07, 6.45) is 6.69. The summed E-state index contributed by atoms with van der Waals surface area (Å²) in [6, 6.07) is 5.58. The highest BCUT2D eigenvalue weighted by atomic mass is 16.5. The van der Waals surface area contributed by atoms with Crippen LogP contribution < -0.4 is 10.1 Å². The quantitative estimate of drug-likeness (QED) is 0.843. The smallest absolute Gasteiger partial charge is 0.251 e. The third-order valence-electron chi connectivity index (χ3n) is 3.73. The molecule has 0 heterocycles. The number of benzene rings is 1. The molecule has 0 aliphatic rings. The summed E-state index contributed by atoms with van der Waals surface area (Å²) in [5.41, 5.74) is 1.65. The number of methoxy groups -OCH3 is 1. The van der Waals surface area contributed by atoms with E-state index in [9.17, 15) is 4.79 Å². The van der Waals surface area contributed by atoms with Gasteiger partial charge in [0.1, 0.15) is 5.75 Å². The average molecular weight is 287 g/mol. The zero-order valence-electron chi connectivity index (χ0n) is 13.6. The van der Waals surface area contributed by atoms with Crippen LogP contribution in [0.4, 0.5) is 0 Å². The number of ether oxygens (including phenoxy) is 1. The van der Waals surface area contributed by atoms with E-state index in [1.807, 2.05) is 19.1 Å². The Kier molecular flexibility index (Phi) is 5.84. The number of amides is 1. The van der Waals surface area contributed by atoms with Crippen molar-refractivity contribution in [3.63, 3.8) is 0 Å². The van der Waals surface area contributed by atoms with Crippen molar-refractivity contribution in [2.45, 2.75) is 46.6 Å². The number of carbonyl (C=O) groups is 1. The summed E-state index contributed by atoms with van der Waals surface area (Å²) < 4.78 is 5.36. The minimum absolute atomic E-state index is 0.0203. The molecule has 1 aromatic rings. The highest BCUT2D eigenvalue weighted by Gasteiger charge is 2.22. The lowest BCUT2D eigenvalue weighted by atomic mass is 9.88. The largest absolute Gasteiger partial charge is 0.496 e. The van der Waals surface area contributed by atoms with Gasteiger partial charge in [0.15, 0.2) is 0 Å². The van der Waals surface area contributed by atoms with Gasteiger partial charge in [-0.05, 0) is 36.5 Å². The molecular weight excluding hydrogens is 262 g/mol. The topological polar surface area (TPSA) is 38.3 Å². The Bertz CT molecular complexity index is 535. The molecule has 1 rings (SSSR count). The molecule has 3 heteroatoms. The second-order valence-electron chi connectivity index (χ2n) is 6.29. The van der Waals surface area contributed by atoms with Crippen LogP contribution in [0.3, 0.4) is 0 Å². The Morgan fingerprint density at radius 1 is 1.43 bits per heavy atom. The maximum atomic E-state index is 12.3. The van der Waals surface area contributed by atoms with Gasteiger partial charge < -0.3 is 10.1 Å². The lowest BCUT2D eigenvalue weighted by Gasteiger charge is -2.28. The van der Waals surface area contributed by atoms with E-state index in [4.69, 9.17) is 11.2 Å². The van der Waals surface area contributed by atoms with E-state index >= 15 is 0 Å². The van der Waals surface area contributed by atoms with Crippen molar-refractivity contribution in [3.8, 4) is 18.1 Å². The normalized spacial score (nSPS) is 12.4. The molecule has 21 heavy (non-hydrogen) atoms. The number of rotatable bonds is 5. The fourth-order valence-corrected chi connectivity index (χ4v) is 1.80. The summed E-state index contributed by atoms with van der Waals surface area (Å²) >= 11 is 0. The average Bonchev–Trinajstić information content (AvgIpc) is 2.43. The summed E-state index contributed by atoms with van der Waals surface area (Å²) in [5, 5.41) is 3.02. The standard InChI is InChI=1S/C18H25NO2/c1-7-8-9-14-10-11-15(12-16(14)21-6)17(20)19-13(2)18(3,4)5/h1,10-13H,8-9H2,2-6H3,(H,19,20). The molecule has 1 N–H and O–H groups in total. The molecule has 0 aliphatic heterocycles. The third kappa shape index (κ3) is 4.82. The molecule has 114 valence electrons. The maximum absolute atomic E-state index is 12.3. The van der Waals surface area contributed by atoms with E-state index in [1.165, 1.54) is 0 Å². The zero-order valence-corrected chi connectivity index (χ0v) is 13.6. The van der Waals surface area contributed by atoms with Gasteiger partial charge in [0.2, 0.25) is 0 Å². The number of nitrogens with one attached hydrogen (secondary N) is 1. The van der Waals surface area contributed by atoms with E-state index < -0.39 is 0 Å². The lowest BCUT2D eigenvalue weighted by Crippen LogP contribution is -2.41. The van der Waals surface area contributed by atoms with Crippen molar-refractivity contribution in [3.05, 3.63) is 29.3 Å². The van der Waals surface area contributed by atoms with Gasteiger partial charge in [-0.2, -0.15) is 0 Å². The summed E-state index contributed by atoms with van der Waals surface area (Å²) in [5.74, 6) is 3.24. The first-order chi connectivity index (χ1) is 9.79. The number of hydrogen-bond donors (Lipinski definition) is 1. The Hall–Kier alpha value is -1.95. The Balaban J connectivity index is 2.89. The van der Waals surface area contributed by atoms with E-state index in [0.29, 0.717) is 17.7 Å². The van der Waals surface area contributed by atoms with Gasteiger partial charge in [0.25, 0.3) is 5.91 Å². The van der Waals surface area contributed by atoms with Crippen molar-refractivity contribution in [1.82, 2.24) is 5.32 Å². The molecule has 0 saturated heterocycles. The van der Waals surface area contributed by atoms with Crippen molar-refractivity contribution in [1.29, 1.82) is 0 Å². The maximum Gasteiger partial charge on any atom is 0.251 e. The van der Waals surface area contributed by atoms with E-state index in [-0.39, 0.29) is 17.4 Å². The van der Waals surface area contributed by atoms with Crippen molar-refractivity contribution in [2.24, 2.45) is 5.41 Å². The van der Waals surface area contributed by atoms with Crippen LogP contribution >= 0.6 is 0 Å². The first-order valence-corrected chi connectivity index (χ1v) is 7.21. The second kappa shape index (κ2) is 7.17. The molecule has 0 aliphatic carbocycles. The second-order valence-corrected chi connectivity index (χ2v) is 6.29.